The van der Waals surface area contributed by atoms with E-state index < -0.39 is 56.9 Å². The van der Waals surface area contributed by atoms with E-state index in [1.54, 1.807) is 19.9 Å². The minimum absolute atomic E-state index is 0.196. The molecule has 0 aliphatic rings. The van der Waals surface area contributed by atoms with Gasteiger partial charge >= 0.3 is 6.18 Å². The highest BCUT2D eigenvalue weighted by atomic mass is 35.5. The summed E-state index contributed by atoms with van der Waals surface area (Å²) in [7, 11) is -4.60. The zero-order valence-corrected chi connectivity index (χ0v) is 27.3. The SMILES string of the molecule is CC[C@@H](C)NC(=O)[C@@H](C)N(Cc1ccc(Cl)cc1Cl)C(=O)CN(c1ccc(Cl)c(C(F)(F)F)c1)S(=O)(=O)c1ccc(C)cc1. The Hall–Kier alpha value is -2.99. The van der Waals surface area contributed by atoms with Gasteiger partial charge in [0.05, 0.1) is 21.2 Å². The number of halogens is 6. The molecule has 0 saturated heterocycles. The smallest absolute Gasteiger partial charge is 0.352 e. The summed E-state index contributed by atoms with van der Waals surface area (Å²) in [6, 6.07) is 11.4. The van der Waals surface area contributed by atoms with Crippen LogP contribution in [0.3, 0.4) is 0 Å². The topological polar surface area (TPSA) is 86.8 Å². The molecule has 0 aromatic heterocycles. The molecule has 0 saturated carbocycles. The van der Waals surface area contributed by atoms with Gasteiger partial charge in [-0.3, -0.25) is 13.9 Å². The van der Waals surface area contributed by atoms with Gasteiger partial charge in [-0.05, 0) is 75.2 Å². The van der Waals surface area contributed by atoms with E-state index >= 15 is 0 Å². The van der Waals surface area contributed by atoms with Crippen molar-refractivity contribution in [2.24, 2.45) is 0 Å². The Morgan fingerprint density at radius 3 is 2.14 bits per heavy atom. The average Bonchev–Trinajstić information content (AvgIpc) is 2.94. The third kappa shape index (κ3) is 8.59. The van der Waals surface area contributed by atoms with Gasteiger partial charge in [0.25, 0.3) is 10.0 Å². The summed E-state index contributed by atoms with van der Waals surface area (Å²) in [6.45, 7) is 5.67. The number of hydrogen-bond acceptors (Lipinski definition) is 4. The Bertz CT molecular complexity index is 1620. The average molecular weight is 693 g/mol. The minimum Gasteiger partial charge on any atom is -0.352 e. The number of aryl methyl sites for hydroxylation is 1. The quantitative estimate of drug-likeness (QED) is 0.226. The number of rotatable bonds is 11. The fourth-order valence-electron chi connectivity index (χ4n) is 4.13. The summed E-state index contributed by atoms with van der Waals surface area (Å²) in [5.41, 5.74) is -0.577. The summed E-state index contributed by atoms with van der Waals surface area (Å²) >= 11 is 18.2. The van der Waals surface area contributed by atoms with Crippen LogP contribution in [-0.4, -0.2) is 43.8 Å². The summed E-state index contributed by atoms with van der Waals surface area (Å²) in [6.07, 6.45) is -4.30. The highest BCUT2D eigenvalue weighted by Crippen LogP contribution is 2.38. The van der Waals surface area contributed by atoms with Crippen molar-refractivity contribution in [3.8, 4) is 0 Å². The maximum absolute atomic E-state index is 14.0. The molecule has 1 N–H and O–H groups in total. The maximum Gasteiger partial charge on any atom is 0.417 e. The highest BCUT2D eigenvalue weighted by Gasteiger charge is 2.37. The third-order valence-corrected chi connectivity index (χ3v) is 9.66. The van der Waals surface area contributed by atoms with Gasteiger partial charge < -0.3 is 10.2 Å². The summed E-state index contributed by atoms with van der Waals surface area (Å²) in [5, 5.41) is 2.68. The van der Waals surface area contributed by atoms with Crippen LogP contribution >= 0.6 is 34.8 Å². The number of carbonyl (C=O) groups excluding carboxylic acids is 2. The van der Waals surface area contributed by atoms with Crippen molar-refractivity contribution in [2.75, 3.05) is 10.8 Å². The number of benzene rings is 3. The third-order valence-electron chi connectivity index (χ3n) is 6.96. The Morgan fingerprint density at radius 1 is 0.932 bits per heavy atom. The highest BCUT2D eigenvalue weighted by molar-refractivity contribution is 7.92. The van der Waals surface area contributed by atoms with Crippen molar-refractivity contribution >= 4 is 62.3 Å². The fraction of sp³-hybridized carbons (Fsp3) is 0.333. The van der Waals surface area contributed by atoms with Crippen LogP contribution in [0.1, 0.15) is 43.9 Å². The van der Waals surface area contributed by atoms with Crippen LogP contribution in [-0.2, 0) is 32.3 Å². The molecule has 3 rings (SSSR count). The van der Waals surface area contributed by atoms with Crippen LogP contribution in [0, 0.1) is 6.92 Å². The molecule has 0 aliphatic heterocycles. The molecule has 44 heavy (non-hydrogen) atoms. The van der Waals surface area contributed by atoms with E-state index in [1.807, 2.05) is 6.92 Å². The predicted molar refractivity (Wildman–Crippen MR) is 167 cm³/mol. The van der Waals surface area contributed by atoms with Crippen LogP contribution in [0.4, 0.5) is 18.9 Å². The van der Waals surface area contributed by atoms with Crippen molar-refractivity contribution in [3.05, 3.63) is 92.4 Å². The van der Waals surface area contributed by atoms with Crippen LogP contribution in [0.2, 0.25) is 15.1 Å². The van der Waals surface area contributed by atoms with E-state index in [0.29, 0.717) is 27.4 Å². The molecule has 2 amide bonds. The van der Waals surface area contributed by atoms with Gasteiger partial charge in [-0.25, -0.2) is 8.42 Å². The van der Waals surface area contributed by atoms with E-state index in [0.717, 1.165) is 22.6 Å². The van der Waals surface area contributed by atoms with Gasteiger partial charge in [-0.2, -0.15) is 13.2 Å². The lowest BCUT2D eigenvalue weighted by Gasteiger charge is -2.33. The molecule has 0 bridgehead atoms. The number of alkyl halides is 3. The number of sulfonamides is 1. The zero-order chi connectivity index (χ0) is 33.0. The van der Waals surface area contributed by atoms with Crippen LogP contribution in [0.25, 0.3) is 0 Å². The first-order valence-corrected chi connectivity index (χ1v) is 16.0. The summed E-state index contributed by atoms with van der Waals surface area (Å²) in [5.74, 6) is -1.39. The van der Waals surface area contributed by atoms with Gasteiger partial charge in [0.2, 0.25) is 11.8 Å². The normalized spacial score (nSPS) is 13.2. The number of anilines is 1. The molecular formula is C30H31Cl3F3N3O4S. The Kier molecular flexibility index (Phi) is 11.6. The van der Waals surface area contributed by atoms with Crippen molar-refractivity contribution in [3.63, 3.8) is 0 Å². The van der Waals surface area contributed by atoms with Crippen LogP contribution in [0.15, 0.2) is 65.6 Å². The van der Waals surface area contributed by atoms with Crippen molar-refractivity contribution in [1.29, 1.82) is 0 Å². The second-order valence-electron chi connectivity index (χ2n) is 10.2. The first-order chi connectivity index (χ1) is 20.4. The standard InChI is InChI=1S/C30H31Cl3F3N3O4S/c1-5-19(3)37-29(41)20(4)38(16-21-8-9-22(31)14-27(21)33)28(40)17-39(44(42,43)24-11-6-18(2)7-12-24)23-10-13-26(32)25(15-23)30(34,35)36/h6-15,19-20H,5,16-17H2,1-4H3,(H,37,41)/t19-,20-/m1/s1. The molecule has 7 nitrogen and oxygen atoms in total. The Morgan fingerprint density at radius 2 is 1.57 bits per heavy atom. The molecule has 238 valence electrons. The van der Waals surface area contributed by atoms with Crippen molar-refractivity contribution in [2.45, 2.75) is 63.8 Å². The molecule has 0 heterocycles. The number of nitrogens with one attached hydrogen (secondary N) is 1. The minimum atomic E-state index is -4.91. The van der Waals surface area contributed by atoms with Gasteiger partial charge in [-0.15, -0.1) is 0 Å². The van der Waals surface area contributed by atoms with E-state index in [-0.39, 0.29) is 22.5 Å². The first-order valence-electron chi connectivity index (χ1n) is 13.5. The largest absolute Gasteiger partial charge is 0.417 e. The monoisotopic (exact) mass is 691 g/mol. The fourth-order valence-corrected chi connectivity index (χ4v) is 6.23. The zero-order valence-electron chi connectivity index (χ0n) is 24.3. The number of hydrogen-bond donors (Lipinski definition) is 1. The van der Waals surface area contributed by atoms with E-state index in [1.165, 1.54) is 43.3 Å². The lowest BCUT2D eigenvalue weighted by molar-refractivity contribution is -0.139. The molecule has 2 atom stereocenters. The van der Waals surface area contributed by atoms with Crippen molar-refractivity contribution in [1.82, 2.24) is 10.2 Å². The van der Waals surface area contributed by atoms with E-state index in [2.05, 4.69) is 5.32 Å². The second-order valence-corrected chi connectivity index (χ2v) is 13.4. The Labute approximate surface area is 269 Å². The van der Waals surface area contributed by atoms with Crippen molar-refractivity contribution < 1.29 is 31.2 Å². The number of nitrogens with zero attached hydrogens (tertiary/aromatic N) is 2. The summed E-state index contributed by atoms with van der Waals surface area (Å²) in [4.78, 5) is 28.0. The van der Waals surface area contributed by atoms with Gasteiger partial charge in [-0.1, -0.05) is 65.5 Å². The first kappa shape index (κ1) is 35.5. The molecule has 0 radical (unpaired) electrons. The molecule has 3 aromatic rings. The van der Waals surface area contributed by atoms with Gasteiger partial charge in [0.1, 0.15) is 12.6 Å². The van der Waals surface area contributed by atoms with Crippen LogP contribution < -0.4 is 9.62 Å². The van der Waals surface area contributed by atoms with E-state index in [9.17, 15) is 31.2 Å². The van der Waals surface area contributed by atoms with Crippen LogP contribution in [0.5, 0.6) is 0 Å². The molecule has 0 spiro atoms. The number of carbonyl (C=O) groups is 2. The molecular weight excluding hydrogens is 662 g/mol. The van der Waals surface area contributed by atoms with E-state index in [4.69, 9.17) is 34.8 Å². The molecule has 14 heteroatoms. The van der Waals surface area contributed by atoms with Gasteiger partial charge in [0.15, 0.2) is 0 Å². The Balaban J connectivity index is 2.14. The lowest BCUT2D eigenvalue weighted by atomic mass is 10.1. The second kappa shape index (κ2) is 14.4. The maximum atomic E-state index is 14.0. The van der Waals surface area contributed by atoms with Gasteiger partial charge in [0, 0.05) is 22.6 Å². The number of amides is 2. The summed E-state index contributed by atoms with van der Waals surface area (Å²) < 4.78 is 69.8. The molecule has 0 unspecified atom stereocenters. The molecule has 0 aliphatic carbocycles. The molecule has 3 aromatic carbocycles. The predicted octanol–water partition coefficient (Wildman–Crippen LogP) is 7.50. The lowest BCUT2D eigenvalue weighted by Crippen LogP contribution is -2.52. The molecule has 0 fully saturated rings.